The number of H-pyrrole nitrogens is 2. The SMILES string of the molecule is CCCC1CCCC2C=NC=C(C(=O)CCCCC(C)=O)C21.CCCc1cccc2[nH]cc(C(=O)CCCCC(=O)O)c12.CCCc1cccc2nccc(C(=O)CCCCC(C)=O)c12.CCc1cccc2[nH]cc(C(=O)CCCCC(C)=O)c12.CCc1cccc2cncc(C(=O)CCCCC(C)=O)c12.CCc1cccc2nccc(C(=O)CCCCC(C)=O)c12. The minimum atomic E-state index is -0.806. The fourth-order valence-electron chi connectivity index (χ4n) is 17.3. The van der Waals surface area contributed by atoms with Crippen LogP contribution < -0.4 is 0 Å². The number of carbonyl (C=O) groups excluding carboxylic acids is 11. The quantitative estimate of drug-likeness (QED) is 0.0236. The van der Waals surface area contributed by atoms with Gasteiger partial charge >= 0.3 is 5.97 Å². The number of carboxylic acid groups (broad SMARTS) is 1. The molecule has 1 aliphatic heterocycles. The van der Waals surface area contributed by atoms with Crippen molar-refractivity contribution >= 4 is 130 Å². The molecule has 5 aromatic heterocycles. The molecule has 19 nitrogen and oxygen atoms in total. The molecular formula is C108H136N6O13. The Bertz CT molecular complexity index is 5310. The maximum atomic E-state index is 12.6. The van der Waals surface area contributed by atoms with E-state index in [1.54, 1.807) is 65.6 Å². The molecule has 3 unspecified atom stereocenters. The van der Waals surface area contributed by atoms with Crippen molar-refractivity contribution in [3.05, 3.63) is 208 Å². The Kier molecular flexibility index (Phi) is 44.7. The number of benzene rings is 5. The van der Waals surface area contributed by atoms with Gasteiger partial charge in [0.05, 0.1) is 11.0 Å². The Labute approximate surface area is 751 Å². The van der Waals surface area contributed by atoms with Crippen molar-refractivity contribution in [1.82, 2.24) is 24.9 Å². The number of fused-ring (bicyclic) bond motifs is 6. The molecular weight excluding hydrogens is 1590 g/mol. The van der Waals surface area contributed by atoms with E-state index in [-0.39, 0.29) is 70.0 Å². The molecule has 1 saturated carbocycles. The van der Waals surface area contributed by atoms with Crippen molar-refractivity contribution < 1.29 is 62.6 Å². The lowest BCUT2D eigenvalue weighted by Gasteiger charge is -2.39. The van der Waals surface area contributed by atoms with E-state index in [1.807, 2.05) is 85.2 Å². The van der Waals surface area contributed by atoms with Crippen LogP contribution in [0.15, 0.2) is 157 Å². The fraction of sp³-hybridized carbons (Fsp3) is 0.463. The van der Waals surface area contributed by atoms with Gasteiger partial charge in [-0.2, -0.15) is 0 Å². The van der Waals surface area contributed by atoms with Crippen molar-refractivity contribution in [3.63, 3.8) is 0 Å². The third-order valence-electron chi connectivity index (χ3n) is 23.7. The third kappa shape index (κ3) is 32.5. The minimum Gasteiger partial charge on any atom is -0.481 e. The van der Waals surface area contributed by atoms with E-state index in [0.29, 0.717) is 107 Å². The molecule has 19 heteroatoms. The highest BCUT2D eigenvalue weighted by Crippen LogP contribution is 2.44. The second-order valence-corrected chi connectivity index (χ2v) is 33.9. The number of rotatable bonds is 45. The monoisotopic (exact) mass is 1730 g/mol. The predicted octanol–water partition coefficient (Wildman–Crippen LogP) is 25.3. The first-order chi connectivity index (χ1) is 61.3. The lowest BCUT2D eigenvalue weighted by Crippen LogP contribution is -2.34. The number of allylic oxidation sites excluding steroid dienone is 1. The van der Waals surface area contributed by atoms with Crippen LogP contribution in [0.4, 0.5) is 0 Å². The molecule has 127 heavy (non-hydrogen) atoms. The Balaban J connectivity index is 0.000000209. The number of ketones is 11. The summed E-state index contributed by atoms with van der Waals surface area (Å²) in [5, 5.41) is 14.7. The smallest absolute Gasteiger partial charge is 0.303 e. The van der Waals surface area contributed by atoms with E-state index >= 15 is 0 Å². The van der Waals surface area contributed by atoms with Gasteiger partial charge in [-0.3, -0.25) is 53.5 Å². The van der Waals surface area contributed by atoms with Gasteiger partial charge in [-0.05, 0) is 238 Å². The standard InChI is InChI=1S/C19H29NO2.C19H23NO2.2C18H21NO2.C17H21NO3.C17H21NO2/c1-3-7-15-9-6-10-16-12-20-13-17(19(15)16)18(22)11-5-4-8-14(2)21;1-3-7-15-9-6-10-17-19(15)16(12-13-20-17)18(22)11-5-4-8-14(2)21;1-3-14-8-6-9-15-11-19-12-16(18(14)15)17(21)10-5-4-7-13(2)20;1-3-14-8-6-9-16-18(14)15(11-12-19-16)17(21)10-5-4-7-13(2)20;1-2-6-12-7-5-8-14-17(12)13(11-18-14)15(19)9-3-4-10-16(20)21;1-3-13-8-6-9-15-17(13)14(11-18-15)16(20)10-5-4-7-12(2)19/h12-13,15-16,19H,3-11H2,1-2H3;6,9-10,12-13H,3-5,7-8,11H2,1-2H3;2*6,8-9,11-12H,3-5,7,10H2,1-2H3;5,7-8,11,18H,2-4,6,9-10H2,1H3,(H,20,21);6,8-9,11,18H,3-5,7,10H2,1-2H3. The Morgan fingerprint density at radius 2 is 0.740 bits per heavy atom. The van der Waals surface area contributed by atoms with Crippen molar-refractivity contribution in [2.45, 2.75) is 307 Å². The van der Waals surface area contributed by atoms with E-state index in [0.717, 1.165) is 197 Å². The number of hydrogen-bond acceptors (Lipinski definition) is 16. The predicted molar refractivity (Wildman–Crippen MR) is 512 cm³/mol. The molecule has 12 rings (SSSR count). The first-order valence-corrected chi connectivity index (χ1v) is 46.7. The number of aliphatic carboxylic acids is 1. The summed E-state index contributed by atoms with van der Waals surface area (Å²) in [6.07, 6.45) is 42.0. The first kappa shape index (κ1) is 103. The highest BCUT2D eigenvalue weighted by atomic mass is 16.4. The molecule has 0 spiro atoms. The summed E-state index contributed by atoms with van der Waals surface area (Å²) < 4.78 is 0. The molecule has 3 atom stereocenters. The summed E-state index contributed by atoms with van der Waals surface area (Å²) in [6, 6.07) is 33.9. The number of hydrogen-bond donors (Lipinski definition) is 3. The van der Waals surface area contributed by atoms with Crippen molar-refractivity contribution in [2.24, 2.45) is 22.7 Å². The van der Waals surface area contributed by atoms with Gasteiger partial charge in [0.15, 0.2) is 34.7 Å². The molecule has 6 heterocycles. The largest absolute Gasteiger partial charge is 0.481 e. The maximum absolute atomic E-state index is 12.6. The molecule has 0 bridgehead atoms. The number of nitrogens with zero attached hydrogens (tertiary/aromatic N) is 4. The van der Waals surface area contributed by atoms with Gasteiger partial charge in [0, 0.05) is 204 Å². The number of aryl methyl sites for hydroxylation is 5. The second kappa shape index (κ2) is 55.3. The molecule has 1 fully saturated rings. The normalized spacial score (nSPS) is 13.7. The van der Waals surface area contributed by atoms with E-state index in [1.165, 1.54) is 54.4 Å². The number of aromatic amines is 2. The molecule has 3 N–H and O–H groups in total. The van der Waals surface area contributed by atoms with Gasteiger partial charge in [-0.1, -0.05) is 140 Å². The van der Waals surface area contributed by atoms with Crippen LogP contribution in [-0.2, 0) is 65.7 Å². The number of unbranched alkanes of at least 4 members (excludes halogenated alkanes) is 6. The summed E-state index contributed by atoms with van der Waals surface area (Å²) in [4.78, 5) is 164. The average Bonchev–Trinajstić information content (AvgIpc) is 1.44. The highest BCUT2D eigenvalue weighted by Gasteiger charge is 2.38. The summed E-state index contributed by atoms with van der Waals surface area (Å²) in [7, 11) is 0. The lowest BCUT2D eigenvalue weighted by atomic mass is 9.66. The van der Waals surface area contributed by atoms with Crippen LogP contribution >= 0.6 is 0 Å². The molecule has 1 aliphatic carbocycles. The van der Waals surface area contributed by atoms with E-state index < -0.39 is 5.97 Å². The average molecular weight is 1730 g/mol. The van der Waals surface area contributed by atoms with Crippen LogP contribution in [0, 0.1) is 17.8 Å². The van der Waals surface area contributed by atoms with Crippen LogP contribution in [0.2, 0.25) is 0 Å². The number of aliphatic imine (C=N–C) groups is 1. The van der Waals surface area contributed by atoms with E-state index in [4.69, 9.17) is 5.11 Å². The van der Waals surface area contributed by atoms with Crippen LogP contribution in [0.3, 0.4) is 0 Å². The number of pyridine rings is 3. The minimum absolute atomic E-state index is 0.0928. The third-order valence-corrected chi connectivity index (χ3v) is 23.7. The van der Waals surface area contributed by atoms with E-state index in [2.05, 4.69) is 108 Å². The van der Waals surface area contributed by atoms with Gasteiger partial charge < -0.3 is 39.0 Å². The number of carboxylic acids is 1. The fourth-order valence-corrected chi connectivity index (χ4v) is 17.3. The zero-order valence-corrected chi connectivity index (χ0v) is 77.3. The molecule has 0 amide bonds. The van der Waals surface area contributed by atoms with Crippen molar-refractivity contribution in [2.75, 3.05) is 0 Å². The number of nitrogens with one attached hydrogen (secondary N) is 2. The van der Waals surface area contributed by atoms with Crippen LogP contribution in [0.25, 0.3) is 54.4 Å². The van der Waals surface area contributed by atoms with Gasteiger partial charge in [-0.25, -0.2) is 0 Å². The lowest BCUT2D eigenvalue weighted by molar-refractivity contribution is -0.137. The number of carbonyl (C=O) groups is 12. The maximum Gasteiger partial charge on any atom is 0.303 e. The van der Waals surface area contributed by atoms with Crippen LogP contribution in [0.1, 0.15) is 355 Å². The van der Waals surface area contributed by atoms with Gasteiger partial charge in [-0.15, -0.1) is 0 Å². The van der Waals surface area contributed by atoms with Crippen LogP contribution in [0.5, 0.6) is 0 Å². The topological polar surface area (TPSA) is 308 Å². The summed E-state index contributed by atoms with van der Waals surface area (Å²) in [6.45, 7) is 20.7. The van der Waals surface area contributed by atoms with Crippen molar-refractivity contribution in [3.8, 4) is 0 Å². The van der Waals surface area contributed by atoms with Gasteiger partial charge in [0.25, 0.3) is 0 Å². The van der Waals surface area contributed by atoms with Gasteiger partial charge in [0.1, 0.15) is 28.9 Å². The first-order valence-electron chi connectivity index (χ1n) is 46.7. The molecule has 0 saturated heterocycles. The van der Waals surface area contributed by atoms with E-state index in [9.17, 15) is 57.5 Å². The zero-order chi connectivity index (χ0) is 92.2. The molecule has 2 aliphatic rings. The van der Waals surface area contributed by atoms with Crippen LogP contribution in [-0.4, -0.2) is 106 Å². The number of Topliss-reactive ketones (excluding diaryl/α,β-unsaturated/α-hetero) is 11. The molecule has 10 aromatic rings. The molecule has 0 radical (unpaired) electrons. The molecule has 676 valence electrons. The molecule has 5 aromatic carbocycles. The highest BCUT2D eigenvalue weighted by molar-refractivity contribution is 6.12. The zero-order valence-electron chi connectivity index (χ0n) is 77.3. The van der Waals surface area contributed by atoms with Crippen molar-refractivity contribution in [1.29, 1.82) is 0 Å². The Morgan fingerprint density at radius 1 is 0.370 bits per heavy atom. The number of aromatic nitrogens is 5. The summed E-state index contributed by atoms with van der Waals surface area (Å²) >= 11 is 0. The van der Waals surface area contributed by atoms with Gasteiger partial charge in [0.2, 0.25) is 0 Å². The summed E-state index contributed by atoms with van der Waals surface area (Å²) in [5.41, 5.74) is 14.5. The summed E-state index contributed by atoms with van der Waals surface area (Å²) in [5.74, 6) is 2.60. The second-order valence-electron chi connectivity index (χ2n) is 33.9. The Morgan fingerprint density at radius 3 is 1.17 bits per heavy atom. The Hall–Kier alpha value is -11.3.